The van der Waals surface area contributed by atoms with E-state index in [0.29, 0.717) is 5.88 Å². The van der Waals surface area contributed by atoms with Crippen molar-refractivity contribution in [2.45, 2.75) is 25.7 Å². The number of benzene rings is 1. The molecule has 3 heteroatoms. The lowest BCUT2D eigenvalue weighted by Crippen LogP contribution is -2.47. The smallest absolute Gasteiger partial charge is 0.125 e. The van der Waals surface area contributed by atoms with Crippen LogP contribution in [0.4, 0.5) is 0 Å². The van der Waals surface area contributed by atoms with E-state index in [9.17, 15) is 0 Å². The Balaban J connectivity index is 2.49. The van der Waals surface area contributed by atoms with E-state index in [-0.39, 0.29) is 5.41 Å². The summed E-state index contributed by atoms with van der Waals surface area (Å²) in [6.45, 7) is 5.70. The maximum absolute atomic E-state index is 5.93. The molecule has 1 aromatic carbocycles. The second kappa shape index (κ2) is 4.87. The molecule has 0 aromatic heterocycles. The van der Waals surface area contributed by atoms with E-state index in [4.69, 9.17) is 21.1 Å². The number of halogens is 1. The lowest BCUT2D eigenvalue weighted by atomic mass is 9.75. The Hall–Kier alpha value is -0.730. The lowest BCUT2D eigenvalue weighted by Gasteiger charge is -2.42. The standard InChI is InChI=1S/C14H19ClO2/c1-10-6-11(2)13(16-3)12(7-10)14(4-5-15)8-17-9-14/h6-7H,4-5,8-9H2,1-3H3. The number of hydrogen-bond donors (Lipinski definition) is 0. The first kappa shape index (κ1) is 12.7. The fourth-order valence-electron chi connectivity index (χ4n) is 2.58. The van der Waals surface area contributed by atoms with Crippen LogP contribution in [0.25, 0.3) is 0 Å². The van der Waals surface area contributed by atoms with Gasteiger partial charge in [-0.1, -0.05) is 17.7 Å². The van der Waals surface area contributed by atoms with Gasteiger partial charge < -0.3 is 9.47 Å². The van der Waals surface area contributed by atoms with Crippen molar-refractivity contribution >= 4 is 11.6 Å². The minimum absolute atomic E-state index is 0.0594. The van der Waals surface area contributed by atoms with Crippen molar-refractivity contribution in [2.75, 3.05) is 26.2 Å². The number of ether oxygens (including phenoxy) is 2. The fourth-order valence-corrected chi connectivity index (χ4v) is 2.94. The van der Waals surface area contributed by atoms with Crippen LogP contribution < -0.4 is 4.74 Å². The highest BCUT2D eigenvalue weighted by Gasteiger charge is 2.42. The lowest BCUT2D eigenvalue weighted by molar-refractivity contribution is -0.0625. The first-order valence-corrected chi connectivity index (χ1v) is 6.46. The maximum atomic E-state index is 5.93. The molecule has 0 amide bonds. The molecule has 1 heterocycles. The van der Waals surface area contributed by atoms with Gasteiger partial charge in [0.05, 0.1) is 20.3 Å². The van der Waals surface area contributed by atoms with E-state index in [0.717, 1.165) is 25.4 Å². The van der Waals surface area contributed by atoms with Crippen LogP contribution in [0.1, 0.15) is 23.1 Å². The summed E-state index contributed by atoms with van der Waals surface area (Å²) in [5.74, 6) is 1.64. The summed E-state index contributed by atoms with van der Waals surface area (Å²) in [6.07, 6.45) is 0.938. The van der Waals surface area contributed by atoms with Crippen molar-refractivity contribution in [3.05, 3.63) is 28.8 Å². The Labute approximate surface area is 108 Å². The molecule has 0 N–H and O–H groups in total. The normalized spacial score (nSPS) is 17.6. The zero-order valence-corrected chi connectivity index (χ0v) is 11.4. The van der Waals surface area contributed by atoms with Crippen molar-refractivity contribution in [3.8, 4) is 5.75 Å². The Morgan fingerprint density at radius 2 is 2.06 bits per heavy atom. The molecule has 1 aliphatic rings. The summed E-state index contributed by atoms with van der Waals surface area (Å²) in [6, 6.07) is 4.36. The SMILES string of the molecule is COc1c(C)cc(C)cc1C1(CCCl)COC1. The monoisotopic (exact) mass is 254 g/mol. The molecule has 0 unspecified atom stereocenters. The zero-order valence-electron chi connectivity index (χ0n) is 10.7. The molecule has 0 bridgehead atoms. The molecule has 17 heavy (non-hydrogen) atoms. The molecule has 2 nitrogen and oxygen atoms in total. The first-order valence-electron chi connectivity index (χ1n) is 5.92. The summed E-state index contributed by atoms with van der Waals surface area (Å²) in [5.41, 5.74) is 3.76. The van der Waals surface area contributed by atoms with Gasteiger partial charge in [-0.3, -0.25) is 0 Å². The Morgan fingerprint density at radius 1 is 1.35 bits per heavy atom. The Kier molecular flexibility index (Phi) is 3.64. The number of alkyl halides is 1. The van der Waals surface area contributed by atoms with Crippen molar-refractivity contribution in [3.63, 3.8) is 0 Å². The quantitative estimate of drug-likeness (QED) is 0.769. The maximum Gasteiger partial charge on any atom is 0.125 e. The van der Waals surface area contributed by atoms with E-state index in [1.54, 1.807) is 7.11 Å². The van der Waals surface area contributed by atoms with Crippen LogP contribution in [0.15, 0.2) is 12.1 Å². The van der Waals surface area contributed by atoms with Crippen LogP contribution in [-0.4, -0.2) is 26.2 Å². The summed E-state index contributed by atoms with van der Waals surface area (Å²) >= 11 is 5.93. The molecule has 1 saturated heterocycles. The van der Waals surface area contributed by atoms with Gasteiger partial charge in [-0.2, -0.15) is 0 Å². The highest BCUT2D eigenvalue weighted by Crippen LogP contribution is 2.42. The van der Waals surface area contributed by atoms with E-state index in [2.05, 4.69) is 26.0 Å². The van der Waals surface area contributed by atoms with Gasteiger partial charge in [0.15, 0.2) is 0 Å². The molecule has 2 rings (SSSR count). The summed E-state index contributed by atoms with van der Waals surface area (Å²) in [5, 5.41) is 0. The van der Waals surface area contributed by atoms with Gasteiger partial charge in [-0.25, -0.2) is 0 Å². The molecule has 0 radical (unpaired) electrons. The third-order valence-corrected chi connectivity index (χ3v) is 3.71. The van der Waals surface area contributed by atoms with E-state index in [1.165, 1.54) is 16.7 Å². The van der Waals surface area contributed by atoms with Crippen LogP contribution in [-0.2, 0) is 10.2 Å². The highest BCUT2D eigenvalue weighted by atomic mass is 35.5. The molecule has 0 saturated carbocycles. The number of rotatable bonds is 4. The van der Waals surface area contributed by atoms with Gasteiger partial charge in [-0.15, -0.1) is 11.6 Å². The van der Waals surface area contributed by atoms with Crippen LogP contribution in [0, 0.1) is 13.8 Å². The average molecular weight is 255 g/mol. The van der Waals surface area contributed by atoms with Crippen LogP contribution >= 0.6 is 11.6 Å². The predicted molar refractivity (Wildman–Crippen MR) is 70.3 cm³/mol. The number of aryl methyl sites for hydroxylation is 2. The predicted octanol–water partition coefficient (Wildman–Crippen LogP) is 3.21. The molecule has 0 aliphatic carbocycles. The topological polar surface area (TPSA) is 18.5 Å². The third-order valence-electron chi connectivity index (χ3n) is 3.52. The van der Waals surface area contributed by atoms with Gasteiger partial charge >= 0.3 is 0 Å². The van der Waals surface area contributed by atoms with Crippen molar-refractivity contribution in [1.82, 2.24) is 0 Å². The van der Waals surface area contributed by atoms with Crippen LogP contribution in [0.3, 0.4) is 0 Å². The van der Waals surface area contributed by atoms with Crippen molar-refractivity contribution < 1.29 is 9.47 Å². The molecule has 94 valence electrons. The molecular formula is C14H19ClO2. The Bertz CT molecular complexity index is 411. The van der Waals surface area contributed by atoms with Crippen molar-refractivity contribution in [2.24, 2.45) is 0 Å². The summed E-state index contributed by atoms with van der Waals surface area (Å²) < 4.78 is 11.0. The fraction of sp³-hybridized carbons (Fsp3) is 0.571. The third kappa shape index (κ3) is 2.16. The van der Waals surface area contributed by atoms with Gasteiger partial charge in [0.2, 0.25) is 0 Å². The molecule has 1 fully saturated rings. The van der Waals surface area contributed by atoms with E-state index in [1.807, 2.05) is 0 Å². The number of methoxy groups -OCH3 is 1. The van der Waals surface area contributed by atoms with Gasteiger partial charge in [-0.05, 0) is 25.8 Å². The van der Waals surface area contributed by atoms with Gasteiger partial charge in [0.1, 0.15) is 5.75 Å². The van der Waals surface area contributed by atoms with Gasteiger partial charge in [0, 0.05) is 16.9 Å². The van der Waals surface area contributed by atoms with Crippen molar-refractivity contribution in [1.29, 1.82) is 0 Å². The second-order valence-electron chi connectivity index (χ2n) is 4.87. The molecule has 0 spiro atoms. The molecular weight excluding hydrogens is 236 g/mol. The molecule has 1 aromatic rings. The summed E-state index contributed by atoms with van der Waals surface area (Å²) in [7, 11) is 1.73. The van der Waals surface area contributed by atoms with Crippen LogP contribution in [0.2, 0.25) is 0 Å². The largest absolute Gasteiger partial charge is 0.496 e. The first-order chi connectivity index (χ1) is 8.13. The van der Waals surface area contributed by atoms with Gasteiger partial charge in [0.25, 0.3) is 0 Å². The summed E-state index contributed by atoms with van der Waals surface area (Å²) in [4.78, 5) is 0. The van der Waals surface area contributed by atoms with Crippen LogP contribution in [0.5, 0.6) is 5.75 Å². The van der Waals surface area contributed by atoms with E-state index >= 15 is 0 Å². The van der Waals surface area contributed by atoms with E-state index < -0.39 is 0 Å². The zero-order chi connectivity index (χ0) is 12.5. The average Bonchev–Trinajstić information content (AvgIpc) is 2.22. The minimum Gasteiger partial charge on any atom is -0.496 e. The number of hydrogen-bond acceptors (Lipinski definition) is 2. The highest BCUT2D eigenvalue weighted by molar-refractivity contribution is 6.17. The second-order valence-corrected chi connectivity index (χ2v) is 5.25. The Morgan fingerprint density at radius 3 is 2.53 bits per heavy atom. The minimum atomic E-state index is 0.0594. The molecule has 1 aliphatic heterocycles. The molecule has 0 atom stereocenters.